The van der Waals surface area contributed by atoms with E-state index in [-0.39, 0.29) is 12.5 Å². The van der Waals surface area contributed by atoms with Crippen LogP contribution in [0.15, 0.2) is 0 Å². The van der Waals surface area contributed by atoms with Crippen LogP contribution in [0, 0.1) is 0 Å². The maximum absolute atomic E-state index is 11.9. The normalized spacial score (nSPS) is 36.7. The Morgan fingerprint density at radius 3 is 2.71 bits per heavy atom. The Kier molecular flexibility index (Phi) is 5.43. The van der Waals surface area contributed by atoms with E-state index >= 15 is 0 Å². The third-order valence-electron chi connectivity index (χ3n) is 4.79. The lowest BCUT2D eigenvalue weighted by Crippen LogP contribution is -2.46. The summed E-state index contributed by atoms with van der Waals surface area (Å²) in [6, 6.07) is 0. The molecule has 3 saturated heterocycles. The fourth-order valence-corrected chi connectivity index (χ4v) is 3.52. The number of amides is 1. The zero-order valence-electron chi connectivity index (χ0n) is 14.3. The highest BCUT2D eigenvalue weighted by Crippen LogP contribution is 2.38. The Morgan fingerprint density at radius 2 is 2.04 bits per heavy atom. The molecule has 24 heavy (non-hydrogen) atoms. The van der Waals surface area contributed by atoms with Crippen molar-refractivity contribution >= 4 is 5.91 Å². The summed E-state index contributed by atoms with van der Waals surface area (Å²) in [5, 5.41) is 23.2. The minimum atomic E-state index is -1.02. The molecule has 0 aromatic heterocycles. The van der Waals surface area contributed by atoms with Crippen molar-refractivity contribution in [3.8, 4) is 0 Å². The lowest BCUT2D eigenvalue weighted by Gasteiger charge is -2.26. The zero-order chi connectivity index (χ0) is 17.3. The number of likely N-dealkylation sites (tertiary alicyclic amines) is 1. The van der Waals surface area contributed by atoms with E-state index in [0.717, 1.165) is 19.6 Å². The Labute approximate surface area is 142 Å². The van der Waals surface area contributed by atoms with Gasteiger partial charge in [0, 0.05) is 19.5 Å². The summed E-state index contributed by atoms with van der Waals surface area (Å²) in [5.41, 5.74) is 0. The van der Waals surface area contributed by atoms with Gasteiger partial charge in [0.05, 0.1) is 0 Å². The molecule has 3 N–H and O–H groups in total. The van der Waals surface area contributed by atoms with Crippen molar-refractivity contribution in [1.82, 2.24) is 10.2 Å². The molecule has 0 aromatic carbocycles. The summed E-state index contributed by atoms with van der Waals surface area (Å²) in [7, 11) is 0. The van der Waals surface area contributed by atoms with Gasteiger partial charge in [-0.3, -0.25) is 4.79 Å². The molecule has 8 heteroatoms. The number of fused-ring (bicyclic) bond motifs is 1. The van der Waals surface area contributed by atoms with Crippen molar-refractivity contribution in [2.24, 2.45) is 0 Å². The minimum Gasteiger partial charge on any atom is -0.388 e. The zero-order valence-corrected chi connectivity index (χ0v) is 14.3. The van der Waals surface area contributed by atoms with Gasteiger partial charge in [0.2, 0.25) is 5.91 Å². The molecule has 3 aliphatic heterocycles. The number of rotatable bonds is 6. The van der Waals surface area contributed by atoms with Crippen LogP contribution in [-0.2, 0) is 19.0 Å². The smallest absolute Gasteiger partial charge is 0.221 e. The predicted molar refractivity (Wildman–Crippen MR) is 84.0 cm³/mol. The van der Waals surface area contributed by atoms with E-state index in [1.54, 1.807) is 13.8 Å². The second-order valence-electron chi connectivity index (χ2n) is 7.23. The van der Waals surface area contributed by atoms with Gasteiger partial charge in [-0.15, -0.1) is 0 Å². The molecule has 0 bridgehead atoms. The third-order valence-corrected chi connectivity index (χ3v) is 4.79. The van der Waals surface area contributed by atoms with Crippen molar-refractivity contribution in [1.29, 1.82) is 0 Å². The monoisotopic (exact) mass is 344 g/mol. The number of carbonyl (C=O) groups is 1. The molecule has 3 fully saturated rings. The molecule has 0 spiro atoms. The van der Waals surface area contributed by atoms with Crippen LogP contribution in [0.1, 0.15) is 33.1 Å². The molecule has 5 atom stereocenters. The van der Waals surface area contributed by atoms with E-state index < -0.39 is 36.5 Å². The molecule has 0 saturated carbocycles. The highest BCUT2D eigenvalue weighted by atomic mass is 16.8. The van der Waals surface area contributed by atoms with Crippen LogP contribution in [0.5, 0.6) is 0 Å². The first kappa shape index (κ1) is 18.0. The molecule has 1 unspecified atom stereocenters. The molecule has 0 aromatic rings. The van der Waals surface area contributed by atoms with Gasteiger partial charge in [-0.05, 0) is 39.8 Å². The number of nitrogens with one attached hydrogen (secondary N) is 1. The highest BCUT2D eigenvalue weighted by Gasteiger charge is 2.55. The number of aliphatic hydroxyl groups is 2. The van der Waals surface area contributed by atoms with Gasteiger partial charge in [0.15, 0.2) is 12.1 Å². The first-order valence-corrected chi connectivity index (χ1v) is 8.72. The Hall–Kier alpha value is -0.770. The van der Waals surface area contributed by atoms with Crippen LogP contribution in [0.4, 0.5) is 0 Å². The van der Waals surface area contributed by atoms with Crippen molar-refractivity contribution < 1.29 is 29.2 Å². The summed E-state index contributed by atoms with van der Waals surface area (Å²) >= 11 is 0. The summed E-state index contributed by atoms with van der Waals surface area (Å²) < 4.78 is 16.7. The first-order valence-electron chi connectivity index (χ1n) is 8.72. The number of hydrogen-bond acceptors (Lipinski definition) is 7. The van der Waals surface area contributed by atoms with Crippen LogP contribution >= 0.6 is 0 Å². The SMILES string of the molecule is CC1(C)O[C@H]2OC([C@@H](O)CNC(=O)CCN3CCCC3)[C@H](O)[C@H]2O1. The van der Waals surface area contributed by atoms with Gasteiger partial charge in [-0.25, -0.2) is 0 Å². The van der Waals surface area contributed by atoms with Crippen LogP contribution in [0.3, 0.4) is 0 Å². The minimum absolute atomic E-state index is 0.0311. The van der Waals surface area contributed by atoms with Crippen molar-refractivity contribution in [3.63, 3.8) is 0 Å². The Bertz CT molecular complexity index is 454. The molecular weight excluding hydrogens is 316 g/mol. The van der Waals surface area contributed by atoms with Crippen LogP contribution in [-0.4, -0.2) is 83.7 Å². The number of carbonyl (C=O) groups excluding carboxylic acids is 1. The van der Waals surface area contributed by atoms with Crippen LogP contribution < -0.4 is 5.32 Å². The average molecular weight is 344 g/mol. The fraction of sp³-hybridized carbons (Fsp3) is 0.938. The number of nitrogens with zero attached hydrogens (tertiary/aromatic N) is 1. The van der Waals surface area contributed by atoms with Gasteiger partial charge in [-0.2, -0.15) is 0 Å². The lowest BCUT2D eigenvalue weighted by atomic mass is 10.1. The molecular formula is C16H28N2O6. The molecule has 0 aliphatic carbocycles. The molecule has 138 valence electrons. The number of ether oxygens (including phenoxy) is 3. The Morgan fingerprint density at radius 1 is 1.33 bits per heavy atom. The molecule has 3 heterocycles. The van der Waals surface area contributed by atoms with Crippen LogP contribution in [0.25, 0.3) is 0 Å². The average Bonchev–Trinajstić information content (AvgIpc) is 3.20. The van der Waals surface area contributed by atoms with E-state index in [9.17, 15) is 15.0 Å². The number of aliphatic hydroxyl groups excluding tert-OH is 2. The Balaban J connectivity index is 1.39. The van der Waals surface area contributed by atoms with Gasteiger partial charge < -0.3 is 34.6 Å². The van der Waals surface area contributed by atoms with E-state index in [1.165, 1.54) is 12.8 Å². The second kappa shape index (κ2) is 7.23. The van der Waals surface area contributed by atoms with Crippen molar-refractivity contribution in [2.45, 2.75) is 69.6 Å². The fourth-order valence-electron chi connectivity index (χ4n) is 3.52. The van der Waals surface area contributed by atoms with E-state index in [2.05, 4.69) is 10.2 Å². The maximum Gasteiger partial charge on any atom is 0.221 e. The third kappa shape index (κ3) is 4.07. The van der Waals surface area contributed by atoms with Crippen molar-refractivity contribution in [3.05, 3.63) is 0 Å². The predicted octanol–water partition coefficient (Wildman–Crippen LogP) is -0.813. The highest BCUT2D eigenvalue weighted by molar-refractivity contribution is 5.76. The second-order valence-corrected chi connectivity index (χ2v) is 7.23. The molecule has 3 rings (SSSR count). The van der Waals surface area contributed by atoms with E-state index in [4.69, 9.17) is 14.2 Å². The molecule has 3 aliphatic rings. The van der Waals surface area contributed by atoms with E-state index in [1.807, 2.05) is 0 Å². The topological polar surface area (TPSA) is 100 Å². The summed E-state index contributed by atoms with van der Waals surface area (Å²) in [6.45, 7) is 6.36. The van der Waals surface area contributed by atoms with Crippen molar-refractivity contribution in [2.75, 3.05) is 26.2 Å². The van der Waals surface area contributed by atoms with Gasteiger partial charge in [0.1, 0.15) is 24.4 Å². The summed E-state index contributed by atoms with van der Waals surface area (Å²) in [5.74, 6) is -0.919. The van der Waals surface area contributed by atoms with Gasteiger partial charge in [0.25, 0.3) is 0 Å². The van der Waals surface area contributed by atoms with E-state index in [0.29, 0.717) is 6.42 Å². The molecule has 0 radical (unpaired) electrons. The quantitative estimate of drug-likeness (QED) is 0.579. The maximum atomic E-state index is 11.9. The standard InChI is InChI=1S/C16H28N2O6/c1-16(2)23-14-12(21)13(22-15(14)24-16)10(19)9-17-11(20)5-8-18-6-3-4-7-18/h10,12-15,19,21H,3-9H2,1-2H3,(H,17,20)/t10-,12-,13?,14+,15+/m0/s1. The number of hydrogen-bond donors (Lipinski definition) is 3. The molecule has 1 amide bonds. The lowest BCUT2D eigenvalue weighted by molar-refractivity contribution is -0.225. The summed E-state index contributed by atoms with van der Waals surface area (Å²) in [6.07, 6.45) is -1.36. The van der Waals surface area contributed by atoms with Crippen LogP contribution in [0.2, 0.25) is 0 Å². The summed E-state index contributed by atoms with van der Waals surface area (Å²) in [4.78, 5) is 14.1. The van der Waals surface area contributed by atoms with Gasteiger partial charge >= 0.3 is 0 Å². The van der Waals surface area contributed by atoms with Gasteiger partial charge in [-0.1, -0.05) is 0 Å². The first-order chi connectivity index (χ1) is 11.4. The largest absolute Gasteiger partial charge is 0.388 e. The molecule has 8 nitrogen and oxygen atoms in total.